The standard InChI is InChI=1S/C16H16O/c17-16(12-6-2-1-3-7-12)15-10-13-8-4-5-9-14(13)11-15/h1-9,15-17H,10-11H2. The molecule has 0 aromatic heterocycles. The van der Waals surface area contributed by atoms with Gasteiger partial charge in [-0.1, -0.05) is 54.6 Å². The number of aliphatic hydroxyl groups excluding tert-OH is 1. The Hall–Kier alpha value is -1.60. The molecule has 0 saturated heterocycles. The predicted molar refractivity (Wildman–Crippen MR) is 68.7 cm³/mol. The van der Waals surface area contributed by atoms with E-state index in [0.717, 1.165) is 18.4 Å². The molecule has 2 aromatic carbocycles. The van der Waals surface area contributed by atoms with Gasteiger partial charge >= 0.3 is 0 Å². The highest BCUT2D eigenvalue weighted by Gasteiger charge is 2.27. The molecule has 0 spiro atoms. The van der Waals surface area contributed by atoms with E-state index >= 15 is 0 Å². The van der Waals surface area contributed by atoms with Crippen LogP contribution in [0.15, 0.2) is 54.6 Å². The van der Waals surface area contributed by atoms with Crippen molar-refractivity contribution in [2.45, 2.75) is 18.9 Å². The van der Waals surface area contributed by atoms with E-state index in [2.05, 4.69) is 24.3 Å². The highest BCUT2D eigenvalue weighted by atomic mass is 16.3. The van der Waals surface area contributed by atoms with Crippen molar-refractivity contribution in [1.29, 1.82) is 0 Å². The predicted octanol–water partition coefficient (Wildman–Crippen LogP) is 3.14. The summed E-state index contributed by atoms with van der Waals surface area (Å²) in [6.45, 7) is 0. The average Bonchev–Trinajstić information content (AvgIpc) is 2.82. The molecule has 1 unspecified atom stereocenters. The van der Waals surface area contributed by atoms with Crippen LogP contribution in [0.5, 0.6) is 0 Å². The van der Waals surface area contributed by atoms with Crippen molar-refractivity contribution in [3.8, 4) is 0 Å². The third-order valence-electron chi connectivity index (χ3n) is 3.67. The molecule has 1 aliphatic rings. The first kappa shape index (κ1) is 10.5. The third kappa shape index (κ3) is 1.98. The highest BCUT2D eigenvalue weighted by molar-refractivity contribution is 5.33. The molecular formula is C16H16O. The fourth-order valence-corrected chi connectivity index (χ4v) is 2.74. The summed E-state index contributed by atoms with van der Waals surface area (Å²) in [6.07, 6.45) is 1.64. The quantitative estimate of drug-likeness (QED) is 0.831. The van der Waals surface area contributed by atoms with Crippen LogP contribution in [-0.4, -0.2) is 5.11 Å². The molecule has 0 amide bonds. The summed E-state index contributed by atoms with van der Waals surface area (Å²) in [5, 5.41) is 10.4. The molecule has 1 N–H and O–H groups in total. The first-order valence-electron chi connectivity index (χ1n) is 6.14. The molecule has 0 fully saturated rings. The fraction of sp³-hybridized carbons (Fsp3) is 0.250. The van der Waals surface area contributed by atoms with Gasteiger partial charge < -0.3 is 5.11 Å². The van der Waals surface area contributed by atoms with Crippen LogP contribution in [0, 0.1) is 5.92 Å². The summed E-state index contributed by atoms with van der Waals surface area (Å²) < 4.78 is 0. The zero-order valence-corrected chi connectivity index (χ0v) is 9.71. The number of rotatable bonds is 2. The van der Waals surface area contributed by atoms with E-state index < -0.39 is 0 Å². The maximum absolute atomic E-state index is 10.4. The molecule has 0 radical (unpaired) electrons. The first-order chi connectivity index (χ1) is 8.34. The molecule has 1 heteroatoms. The van der Waals surface area contributed by atoms with E-state index in [1.165, 1.54) is 11.1 Å². The van der Waals surface area contributed by atoms with Crippen LogP contribution < -0.4 is 0 Å². The summed E-state index contributed by atoms with van der Waals surface area (Å²) in [7, 11) is 0. The van der Waals surface area contributed by atoms with E-state index in [1.807, 2.05) is 30.3 Å². The lowest BCUT2D eigenvalue weighted by molar-refractivity contribution is 0.113. The van der Waals surface area contributed by atoms with Crippen molar-refractivity contribution in [3.05, 3.63) is 71.3 Å². The molecular weight excluding hydrogens is 208 g/mol. The van der Waals surface area contributed by atoms with Crippen LogP contribution in [0.4, 0.5) is 0 Å². The molecule has 0 aliphatic heterocycles. The maximum Gasteiger partial charge on any atom is 0.0824 e. The van der Waals surface area contributed by atoms with Crippen molar-refractivity contribution >= 4 is 0 Å². The van der Waals surface area contributed by atoms with Crippen LogP contribution in [0.1, 0.15) is 22.8 Å². The van der Waals surface area contributed by atoms with Crippen LogP contribution in [-0.2, 0) is 12.8 Å². The molecule has 3 rings (SSSR count). The highest BCUT2D eigenvalue weighted by Crippen LogP contribution is 2.34. The minimum absolute atomic E-state index is 0.329. The number of aliphatic hydroxyl groups is 1. The summed E-state index contributed by atoms with van der Waals surface area (Å²) in [4.78, 5) is 0. The molecule has 17 heavy (non-hydrogen) atoms. The van der Waals surface area contributed by atoms with Crippen molar-refractivity contribution in [2.24, 2.45) is 5.92 Å². The second-order valence-corrected chi connectivity index (χ2v) is 4.79. The van der Waals surface area contributed by atoms with Gasteiger partial charge in [0.25, 0.3) is 0 Å². The van der Waals surface area contributed by atoms with E-state index in [0.29, 0.717) is 5.92 Å². The Bertz CT molecular complexity index is 479. The lowest BCUT2D eigenvalue weighted by atomic mass is 9.93. The van der Waals surface area contributed by atoms with E-state index in [1.54, 1.807) is 0 Å². The third-order valence-corrected chi connectivity index (χ3v) is 3.67. The fourth-order valence-electron chi connectivity index (χ4n) is 2.74. The molecule has 2 aromatic rings. The summed E-state index contributed by atoms with van der Waals surface area (Å²) in [5.41, 5.74) is 3.82. The number of benzene rings is 2. The smallest absolute Gasteiger partial charge is 0.0824 e. The zero-order chi connectivity index (χ0) is 11.7. The van der Waals surface area contributed by atoms with Crippen LogP contribution in [0.3, 0.4) is 0 Å². The summed E-state index contributed by atoms with van der Waals surface area (Å²) >= 11 is 0. The Balaban J connectivity index is 1.81. The van der Waals surface area contributed by atoms with Gasteiger partial charge in [0.15, 0.2) is 0 Å². The average molecular weight is 224 g/mol. The second kappa shape index (κ2) is 4.34. The first-order valence-corrected chi connectivity index (χ1v) is 6.14. The Morgan fingerprint density at radius 1 is 0.824 bits per heavy atom. The van der Waals surface area contributed by atoms with Crippen molar-refractivity contribution in [1.82, 2.24) is 0 Å². The largest absolute Gasteiger partial charge is 0.388 e. The van der Waals surface area contributed by atoms with Crippen LogP contribution in [0.2, 0.25) is 0 Å². The van der Waals surface area contributed by atoms with Crippen LogP contribution >= 0.6 is 0 Å². The lowest BCUT2D eigenvalue weighted by Gasteiger charge is -2.17. The molecule has 0 heterocycles. The Morgan fingerprint density at radius 2 is 1.35 bits per heavy atom. The molecule has 1 aliphatic carbocycles. The minimum atomic E-state index is -0.344. The Morgan fingerprint density at radius 3 is 1.94 bits per heavy atom. The lowest BCUT2D eigenvalue weighted by Crippen LogP contribution is -2.12. The molecule has 0 saturated carbocycles. The van der Waals surface area contributed by atoms with E-state index in [-0.39, 0.29) is 6.10 Å². The molecule has 0 bridgehead atoms. The topological polar surface area (TPSA) is 20.2 Å². The Kier molecular flexibility index (Phi) is 2.69. The van der Waals surface area contributed by atoms with Crippen molar-refractivity contribution < 1.29 is 5.11 Å². The van der Waals surface area contributed by atoms with Gasteiger partial charge in [0, 0.05) is 0 Å². The van der Waals surface area contributed by atoms with Gasteiger partial charge in [-0.3, -0.25) is 0 Å². The van der Waals surface area contributed by atoms with E-state index in [9.17, 15) is 5.11 Å². The zero-order valence-electron chi connectivity index (χ0n) is 9.71. The number of fused-ring (bicyclic) bond motifs is 1. The van der Waals surface area contributed by atoms with Gasteiger partial charge in [-0.05, 0) is 35.4 Å². The minimum Gasteiger partial charge on any atom is -0.388 e. The van der Waals surface area contributed by atoms with Gasteiger partial charge in [0.05, 0.1) is 6.10 Å². The molecule has 86 valence electrons. The van der Waals surface area contributed by atoms with Crippen LogP contribution in [0.25, 0.3) is 0 Å². The maximum atomic E-state index is 10.4. The van der Waals surface area contributed by atoms with Gasteiger partial charge in [0.1, 0.15) is 0 Å². The van der Waals surface area contributed by atoms with Gasteiger partial charge in [-0.25, -0.2) is 0 Å². The van der Waals surface area contributed by atoms with Gasteiger partial charge in [-0.15, -0.1) is 0 Å². The van der Waals surface area contributed by atoms with Gasteiger partial charge in [0.2, 0.25) is 0 Å². The number of hydrogen-bond donors (Lipinski definition) is 1. The normalized spacial score (nSPS) is 16.8. The SMILES string of the molecule is OC(c1ccccc1)C1Cc2ccccc2C1. The van der Waals surface area contributed by atoms with Gasteiger partial charge in [-0.2, -0.15) is 0 Å². The Labute approximate surface area is 102 Å². The molecule has 1 atom stereocenters. The summed E-state index contributed by atoms with van der Waals surface area (Å²) in [5.74, 6) is 0.329. The van der Waals surface area contributed by atoms with E-state index in [4.69, 9.17) is 0 Å². The summed E-state index contributed by atoms with van der Waals surface area (Å²) in [6, 6.07) is 18.5. The second-order valence-electron chi connectivity index (χ2n) is 4.79. The van der Waals surface area contributed by atoms with Crippen molar-refractivity contribution in [3.63, 3.8) is 0 Å². The molecule has 1 nitrogen and oxygen atoms in total. The number of hydrogen-bond acceptors (Lipinski definition) is 1. The van der Waals surface area contributed by atoms with Crippen molar-refractivity contribution in [2.75, 3.05) is 0 Å². The monoisotopic (exact) mass is 224 g/mol.